The molecule has 0 heterocycles. The van der Waals surface area contributed by atoms with Gasteiger partial charge in [-0.1, -0.05) is 0 Å². The zero-order valence-electron chi connectivity index (χ0n) is 61.7. The van der Waals surface area contributed by atoms with E-state index in [0.717, 1.165) is 0 Å². The van der Waals surface area contributed by atoms with Gasteiger partial charge in [-0.15, -0.1) is 0 Å². The Morgan fingerprint density at radius 2 is 0.128 bits per heavy atom. The predicted molar refractivity (Wildman–Crippen MR) is 278 cm³/mol. The summed E-state index contributed by atoms with van der Waals surface area (Å²) in [4.78, 5) is 0. The number of sulfone groups is 9. The van der Waals surface area contributed by atoms with E-state index in [4.69, 9.17) is 0 Å². The van der Waals surface area contributed by atoms with Crippen LogP contribution >= 0.6 is 0 Å². The number of hydrogen-bond acceptors (Lipinski definition) is 18. The molecule has 0 amide bonds. The van der Waals surface area contributed by atoms with Crippen LogP contribution in [0.4, 0.5) is 356 Å². The normalized spacial score (nSPS) is 17.0. The molecule has 0 aliphatic carbocycles. The van der Waals surface area contributed by atoms with Crippen LogP contribution in [0.25, 0.3) is 0 Å². The Kier molecular flexibility index (Phi) is 37.7. The zero-order valence-corrected chi connectivity index (χ0v) is 70.9. The molecule has 0 N–H and O–H groups in total. The summed E-state index contributed by atoms with van der Waals surface area (Å²) in [7, 11) is -97.8. The first kappa shape index (κ1) is 149. The maximum atomic E-state index is 14.1. The second-order valence-corrected chi connectivity index (χ2v) is 44.4. The third-order valence-corrected chi connectivity index (χ3v) is 39.2. The van der Waals surface area contributed by atoms with Crippen LogP contribution in [0.2, 0.25) is 0 Å². The molecule has 0 rings (SSSR count). The molecule has 0 aliphatic heterocycles. The monoisotopic (exact) mass is 2630 g/mol. The van der Waals surface area contributed by atoms with Crippen molar-refractivity contribution in [3.63, 3.8) is 0 Å². The van der Waals surface area contributed by atoms with Crippen LogP contribution in [0.15, 0.2) is 0 Å². The summed E-state index contributed by atoms with van der Waals surface area (Å²) in [5.41, 5.74) is 0. The molecule has 0 saturated carbocycles. The molecule has 0 atom stereocenters. The molecule has 148 heavy (non-hydrogen) atoms. The maximum Gasteiger partial charge on any atom is 3.00 e. The van der Waals surface area contributed by atoms with Crippen molar-refractivity contribution in [2.75, 3.05) is 0 Å². The predicted octanol–water partition coefficient (Wildman–Crippen LogP) is 20.9. The molecule has 0 saturated heterocycles. The van der Waals surface area contributed by atoms with Crippen LogP contribution < -0.4 is 0 Å². The Bertz CT molecular complexity index is 4790. The minimum atomic E-state index is -10.9. The standard InChI is InChI=1S/3C13F27O6S3.Sc/c3*14-2(15,8(26,27)28)5(20,21)11(35,36)47(41,42)1(48(43,44)12(37,38)6(22,23)3(16,17)9(29,30)31)49(45,46)13(39,40)7(24,25)4(18,19)10(32,33)34;/q3*-1;+3. The van der Waals surface area contributed by atoms with Crippen LogP contribution in [-0.4, -0.2) is 285 Å². The average Bonchev–Trinajstić information content (AvgIpc) is 0.678. The van der Waals surface area contributed by atoms with Crippen molar-refractivity contribution in [2.24, 2.45) is 0 Å². The Labute approximate surface area is 765 Å². The van der Waals surface area contributed by atoms with Crippen molar-refractivity contribution >= 4 is 88.5 Å². The van der Waals surface area contributed by atoms with Gasteiger partial charge in [-0.3, -0.25) is 75.8 Å². The quantitative estimate of drug-likeness (QED) is 0.0415. The van der Waals surface area contributed by atoms with Gasteiger partial charge in [-0.25, -0.2) is 0 Å². The Morgan fingerprint density at radius 3 is 0.162 bits per heavy atom. The fourth-order valence-corrected chi connectivity index (χ4v) is 29.1. The molecule has 0 aromatic rings. The van der Waals surface area contributed by atoms with Gasteiger partial charge in [0, 0.05) is 0 Å². The van der Waals surface area contributed by atoms with Crippen molar-refractivity contribution in [1.29, 1.82) is 0 Å². The van der Waals surface area contributed by atoms with Gasteiger partial charge in [-0.2, -0.15) is 356 Å². The number of rotatable bonds is 36. The van der Waals surface area contributed by atoms with Gasteiger partial charge in [0.05, 0.1) is 11.7 Å². The van der Waals surface area contributed by atoms with Crippen LogP contribution in [0.5, 0.6) is 0 Å². The van der Waals surface area contributed by atoms with E-state index in [0.29, 0.717) is 0 Å². The van der Waals surface area contributed by atoms with Crippen molar-refractivity contribution in [1.82, 2.24) is 0 Å². The van der Waals surface area contributed by atoms with E-state index >= 15 is 0 Å². The van der Waals surface area contributed by atoms with Crippen LogP contribution in [0.1, 0.15) is 0 Å². The smallest absolute Gasteiger partial charge is 0.254 e. The van der Waals surface area contributed by atoms with Gasteiger partial charge < -0.3 is 0 Å². The van der Waals surface area contributed by atoms with E-state index in [1.807, 2.05) is 0 Å². The Balaban J connectivity index is -0.00000105. The van der Waals surface area contributed by atoms with Gasteiger partial charge in [0.25, 0.3) is 0 Å². The van der Waals surface area contributed by atoms with E-state index in [2.05, 4.69) is 0 Å². The molecular weight excluding hydrogens is 2630 g/mol. The summed E-state index contributed by atoms with van der Waals surface area (Å²) in [6.07, 6.45) is -76.2. The maximum absolute atomic E-state index is 14.1. The molecule has 109 heteroatoms. The minimum Gasteiger partial charge on any atom is -0.254 e. The van der Waals surface area contributed by atoms with Gasteiger partial charge in [0.15, 0.2) is 0 Å². The summed E-state index contributed by atoms with van der Waals surface area (Å²) in [5.74, 6) is -166. The molecule has 0 fully saturated rings. The second kappa shape index (κ2) is 37.5. The van der Waals surface area contributed by atoms with Gasteiger partial charge >= 0.3 is 235 Å². The van der Waals surface area contributed by atoms with Crippen molar-refractivity contribution in [3.8, 4) is 0 Å². The van der Waals surface area contributed by atoms with Crippen molar-refractivity contribution in [2.45, 2.75) is 209 Å². The number of alkyl halides is 81. The van der Waals surface area contributed by atoms with E-state index < -0.39 is 310 Å². The van der Waals surface area contributed by atoms with Crippen molar-refractivity contribution in [3.05, 3.63) is 11.7 Å². The van der Waals surface area contributed by atoms with Crippen LogP contribution in [0, 0.1) is 11.7 Å². The van der Waals surface area contributed by atoms with E-state index in [1.54, 1.807) is 0 Å². The number of hydrogen-bond donors (Lipinski definition) is 0. The van der Waals surface area contributed by atoms with Gasteiger partial charge in [0.2, 0.25) is 0 Å². The zero-order chi connectivity index (χ0) is 123. The Morgan fingerprint density at radius 1 is 0.0878 bits per heavy atom. The summed E-state index contributed by atoms with van der Waals surface area (Å²) in [6.45, 7) is 0. The van der Waals surface area contributed by atoms with E-state index in [1.165, 1.54) is 0 Å². The first-order chi connectivity index (χ1) is 61.1. The van der Waals surface area contributed by atoms with Crippen molar-refractivity contribution < 1.29 is 457 Å². The fourth-order valence-electron chi connectivity index (χ4n) is 7.01. The minimum absolute atomic E-state index is 0. The van der Waals surface area contributed by atoms with Gasteiger partial charge in [-0.05, 0) is 0 Å². The first-order valence-electron chi connectivity index (χ1n) is 28.7. The molecule has 0 radical (unpaired) electrons. The third kappa shape index (κ3) is 19.8. The Hall–Kier alpha value is -5.25. The van der Waals surface area contributed by atoms with E-state index in [9.17, 15) is 431 Å². The summed E-state index contributed by atoms with van der Waals surface area (Å²) in [5, 5.41) is -86.6. The molecule has 18 nitrogen and oxygen atoms in total. The van der Waals surface area contributed by atoms with Crippen LogP contribution in [-0.2, 0) is 114 Å². The van der Waals surface area contributed by atoms with Gasteiger partial charge in [0.1, 0.15) is 88.5 Å². The SMILES string of the molecule is O=S(=O)([C-](S(=O)(=O)C(F)(F)C(F)(F)C(F)(F)C(F)(F)F)S(=O)(=O)C(F)(F)C(F)(F)C(F)(F)C(F)(F)F)C(F)(F)C(F)(F)C(F)(F)C(F)(F)F.O=S(=O)([C-](S(=O)(=O)C(F)(F)C(F)(F)C(F)(F)C(F)(F)F)S(=O)(=O)C(F)(F)C(F)(F)C(F)(F)C(F)(F)F)C(F)(F)C(F)(F)C(F)(F)C(F)(F)F.O=S(=O)([C-](S(=O)(=O)C(F)(F)C(F)(F)C(F)(F)C(F)(F)F)S(=O)(=O)C(F)(F)C(F)(F)C(F)(F)C(F)(F)F)C(F)(F)C(F)(F)C(F)(F)C(F)(F)F.[Sc+3]. The molecule has 888 valence electrons. The third-order valence-electron chi connectivity index (χ3n) is 15.1. The van der Waals surface area contributed by atoms with E-state index in [-0.39, 0.29) is 25.8 Å². The molecule has 0 aromatic heterocycles. The summed E-state index contributed by atoms with van der Waals surface area (Å²) >= 11 is 0. The molecule has 0 spiro atoms. The summed E-state index contributed by atoms with van der Waals surface area (Å²) < 4.78 is 1260. The largest absolute Gasteiger partial charge is 3.00 e. The fraction of sp³-hybridized carbons (Fsp3) is 0.923. The second-order valence-electron chi connectivity index (χ2n) is 24.8. The molecule has 0 aliphatic rings. The summed E-state index contributed by atoms with van der Waals surface area (Å²) in [6, 6.07) is 0. The molecule has 0 unspecified atom stereocenters. The topological polar surface area (TPSA) is 307 Å². The molecule has 0 bridgehead atoms. The molecular formula is C39F81O18S9Sc. The molecule has 0 aromatic carbocycles. The first-order valence-corrected chi connectivity index (χ1v) is 42.1. The number of halogens is 81. The average molecular weight is 2630 g/mol. The van der Waals surface area contributed by atoms with Crippen LogP contribution in [0.3, 0.4) is 0 Å².